The molecule has 2 aromatic carbocycles. The van der Waals surface area contributed by atoms with Crippen molar-refractivity contribution in [1.82, 2.24) is 5.32 Å². The highest BCUT2D eigenvalue weighted by atomic mass is 16.5. The van der Waals surface area contributed by atoms with Crippen molar-refractivity contribution in [3.05, 3.63) is 59.7 Å². The maximum atomic E-state index is 12.0. The molecule has 0 aliphatic heterocycles. The molecule has 0 aromatic heterocycles. The predicted molar refractivity (Wildman–Crippen MR) is 98.2 cm³/mol. The summed E-state index contributed by atoms with van der Waals surface area (Å²) in [5, 5.41) is 2.44. The first-order valence-corrected chi connectivity index (χ1v) is 8.37. The average Bonchev–Trinajstić information content (AvgIpc) is 2.71. The topological polar surface area (TPSA) is 90.9 Å². The number of rotatable bonds is 9. The van der Waals surface area contributed by atoms with Gasteiger partial charge in [0.2, 0.25) is 0 Å². The number of carbonyl (C=O) groups excluding carboxylic acids is 3. The van der Waals surface area contributed by atoms with Crippen LogP contribution in [0.1, 0.15) is 27.6 Å². The number of methoxy groups -OCH3 is 1. The third kappa shape index (κ3) is 6.14. The summed E-state index contributed by atoms with van der Waals surface area (Å²) in [5.41, 5.74) is 0.763. The summed E-state index contributed by atoms with van der Waals surface area (Å²) in [7, 11) is 1.50. The highest BCUT2D eigenvalue weighted by Crippen LogP contribution is 2.13. The van der Waals surface area contributed by atoms with E-state index in [1.807, 2.05) is 6.92 Å². The smallest absolute Gasteiger partial charge is 0.325 e. The lowest BCUT2D eigenvalue weighted by atomic mass is 10.1. The van der Waals surface area contributed by atoms with Crippen LogP contribution < -0.4 is 14.8 Å². The van der Waals surface area contributed by atoms with Gasteiger partial charge in [0.1, 0.15) is 18.0 Å². The first kappa shape index (κ1) is 20.0. The van der Waals surface area contributed by atoms with E-state index in [-0.39, 0.29) is 12.3 Å². The van der Waals surface area contributed by atoms with Crippen molar-refractivity contribution in [3.8, 4) is 11.5 Å². The molecule has 0 radical (unpaired) electrons. The van der Waals surface area contributed by atoms with Gasteiger partial charge in [-0.05, 0) is 49.4 Å². The van der Waals surface area contributed by atoms with Crippen molar-refractivity contribution < 1.29 is 28.6 Å². The van der Waals surface area contributed by atoms with Gasteiger partial charge in [-0.2, -0.15) is 0 Å². The Labute approximate surface area is 157 Å². The summed E-state index contributed by atoms with van der Waals surface area (Å²) in [6.45, 7) is 1.66. The van der Waals surface area contributed by atoms with E-state index in [9.17, 15) is 14.4 Å². The number of hydrogen-bond acceptors (Lipinski definition) is 6. The van der Waals surface area contributed by atoms with Gasteiger partial charge >= 0.3 is 5.97 Å². The molecule has 2 aromatic rings. The van der Waals surface area contributed by atoms with E-state index in [2.05, 4.69) is 5.32 Å². The second kappa shape index (κ2) is 9.96. The van der Waals surface area contributed by atoms with E-state index in [4.69, 9.17) is 14.2 Å². The zero-order valence-electron chi connectivity index (χ0n) is 15.2. The number of nitrogens with one attached hydrogen (secondary N) is 1. The van der Waals surface area contributed by atoms with Gasteiger partial charge in [0.05, 0.1) is 13.7 Å². The molecule has 0 saturated carbocycles. The van der Waals surface area contributed by atoms with Gasteiger partial charge in [-0.25, -0.2) is 0 Å². The Balaban J connectivity index is 1.78. The molecule has 0 aliphatic rings. The van der Waals surface area contributed by atoms with Crippen molar-refractivity contribution in [3.63, 3.8) is 0 Å². The average molecular weight is 371 g/mol. The van der Waals surface area contributed by atoms with Crippen LogP contribution in [0.3, 0.4) is 0 Å². The molecular weight excluding hydrogens is 350 g/mol. The Hall–Kier alpha value is -3.35. The number of amides is 1. The number of ether oxygens (including phenoxy) is 3. The number of benzene rings is 2. The minimum atomic E-state index is -0.703. The second-order valence-corrected chi connectivity index (χ2v) is 5.46. The summed E-state index contributed by atoms with van der Waals surface area (Å²) in [4.78, 5) is 35.8. The Kier molecular flexibility index (Phi) is 7.37. The SMILES string of the molecule is CCOc1ccc(C(=O)COC(=O)CNC(=O)c2cccc(OC)c2)cc1. The molecule has 1 N–H and O–H groups in total. The molecule has 1 amide bonds. The largest absolute Gasteiger partial charge is 0.497 e. The monoisotopic (exact) mass is 371 g/mol. The van der Waals surface area contributed by atoms with Crippen molar-refractivity contribution in [2.75, 3.05) is 26.9 Å². The first-order chi connectivity index (χ1) is 13.0. The number of hydrogen-bond donors (Lipinski definition) is 1. The van der Waals surface area contributed by atoms with E-state index in [1.54, 1.807) is 48.5 Å². The minimum absolute atomic E-state index is 0.341. The molecule has 0 aliphatic carbocycles. The maximum absolute atomic E-state index is 12.0. The van der Waals surface area contributed by atoms with Crippen LogP contribution in [0.15, 0.2) is 48.5 Å². The van der Waals surface area contributed by atoms with Crippen LogP contribution in [-0.4, -0.2) is 44.5 Å². The fourth-order valence-corrected chi connectivity index (χ4v) is 2.20. The lowest BCUT2D eigenvalue weighted by Gasteiger charge is -2.08. The fraction of sp³-hybridized carbons (Fsp3) is 0.250. The minimum Gasteiger partial charge on any atom is -0.497 e. The van der Waals surface area contributed by atoms with E-state index < -0.39 is 18.5 Å². The van der Waals surface area contributed by atoms with Gasteiger partial charge in [0.25, 0.3) is 5.91 Å². The lowest BCUT2D eigenvalue weighted by molar-refractivity contribution is -0.141. The van der Waals surface area contributed by atoms with Gasteiger partial charge in [0.15, 0.2) is 12.4 Å². The van der Waals surface area contributed by atoms with Crippen LogP contribution in [-0.2, 0) is 9.53 Å². The molecule has 0 fully saturated rings. The number of Topliss-reactive ketones (excluding diaryl/α,β-unsaturated/α-hetero) is 1. The van der Waals surface area contributed by atoms with Gasteiger partial charge < -0.3 is 19.5 Å². The molecular formula is C20H21NO6. The third-order valence-electron chi connectivity index (χ3n) is 3.58. The third-order valence-corrected chi connectivity index (χ3v) is 3.58. The Bertz CT molecular complexity index is 800. The molecule has 0 saturated heterocycles. The van der Waals surface area contributed by atoms with Crippen LogP contribution in [0, 0.1) is 0 Å². The van der Waals surface area contributed by atoms with Crippen molar-refractivity contribution >= 4 is 17.7 Å². The predicted octanol–water partition coefficient (Wildman–Crippen LogP) is 2.25. The van der Waals surface area contributed by atoms with E-state index in [0.29, 0.717) is 29.2 Å². The van der Waals surface area contributed by atoms with E-state index in [1.165, 1.54) is 7.11 Å². The van der Waals surface area contributed by atoms with Crippen molar-refractivity contribution in [1.29, 1.82) is 0 Å². The Morgan fingerprint density at radius 2 is 1.70 bits per heavy atom. The molecule has 7 nitrogen and oxygen atoms in total. The van der Waals surface area contributed by atoms with Gasteiger partial charge in [-0.3, -0.25) is 14.4 Å². The van der Waals surface area contributed by atoms with Crippen molar-refractivity contribution in [2.45, 2.75) is 6.92 Å². The fourth-order valence-electron chi connectivity index (χ4n) is 2.20. The zero-order valence-corrected chi connectivity index (χ0v) is 15.2. The standard InChI is InChI=1S/C20H21NO6/c1-3-26-16-9-7-14(8-10-16)18(22)13-27-19(23)12-21-20(24)15-5-4-6-17(11-15)25-2/h4-11H,3,12-13H2,1-2H3,(H,21,24). The second-order valence-electron chi connectivity index (χ2n) is 5.46. The van der Waals surface area contributed by atoms with E-state index >= 15 is 0 Å². The molecule has 142 valence electrons. The molecule has 0 bridgehead atoms. The van der Waals surface area contributed by atoms with Gasteiger partial charge in [0, 0.05) is 11.1 Å². The van der Waals surface area contributed by atoms with Gasteiger partial charge in [-0.1, -0.05) is 6.07 Å². The number of esters is 1. The molecule has 7 heteroatoms. The highest BCUT2D eigenvalue weighted by molar-refractivity contribution is 5.99. The molecule has 0 spiro atoms. The number of ketones is 1. The van der Waals surface area contributed by atoms with E-state index in [0.717, 1.165) is 0 Å². The van der Waals surface area contributed by atoms with Crippen LogP contribution in [0.2, 0.25) is 0 Å². The van der Waals surface area contributed by atoms with Gasteiger partial charge in [-0.15, -0.1) is 0 Å². The van der Waals surface area contributed by atoms with Crippen LogP contribution in [0.4, 0.5) is 0 Å². The molecule has 27 heavy (non-hydrogen) atoms. The molecule has 0 unspecified atom stereocenters. The van der Waals surface area contributed by atoms with Crippen LogP contribution in [0.5, 0.6) is 11.5 Å². The Morgan fingerprint density at radius 3 is 2.37 bits per heavy atom. The first-order valence-electron chi connectivity index (χ1n) is 8.37. The van der Waals surface area contributed by atoms with Crippen LogP contribution in [0.25, 0.3) is 0 Å². The van der Waals surface area contributed by atoms with Crippen molar-refractivity contribution in [2.24, 2.45) is 0 Å². The lowest BCUT2D eigenvalue weighted by Crippen LogP contribution is -2.31. The molecule has 0 heterocycles. The summed E-state index contributed by atoms with van der Waals surface area (Å²) >= 11 is 0. The maximum Gasteiger partial charge on any atom is 0.325 e. The normalized spacial score (nSPS) is 10.0. The Morgan fingerprint density at radius 1 is 0.963 bits per heavy atom. The zero-order chi connectivity index (χ0) is 19.6. The number of carbonyl (C=O) groups is 3. The summed E-state index contributed by atoms with van der Waals surface area (Å²) < 4.78 is 15.2. The summed E-state index contributed by atoms with van der Waals surface area (Å²) in [5.74, 6) is -0.294. The quantitative estimate of drug-likeness (QED) is 0.537. The molecule has 2 rings (SSSR count). The highest BCUT2D eigenvalue weighted by Gasteiger charge is 2.12. The summed E-state index contributed by atoms with van der Waals surface area (Å²) in [6.07, 6.45) is 0. The summed E-state index contributed by atoms with van der Waals surface area (Å²) in [6, 6.07) is 13.1. The molecule has 0 atom stereocenters. The van der Waals surface area contributed by atoms with Crippen LogP contribution >= 0.6 is 0 Å².